The minimum absolute atomic E-state index is 0.231. The number of hydrogen-bond donors (Lipinski definition) is 0. The van der Waals surface area contributed by atoms with E-state index in [9.17, 15) is 4.39 Å². The van der Waals surface area contributed by atoms with Gasteiger partial charge in [-0.2, -0.15) is 5.26 Å². The van der Waals surface area contributed by atoms with Gasteiger partial charge < -0.3 is 0 Å². The molecule has 0 saturated heterocycles. The van der Waals surface area contributed by atoms with Crippen LogP contribution < -0.4 is 0 Å². The molecule has 0 aromatic carbocycles. The summed E-state index contributed by atoms with van der Waals surface area (Å²) in [6.07, 6.45) is 2.91. The molecule has 12 heavy (non-hydrogen) atoms. The van der Waals surface area contributed by atoms with Crippen LogP contribution in [0.2, 0.25) is 0 Å². The van der Waals surface area contributed by atoms with E-state index in [-0.39, 0.29) is 5.92 Å². The SMILES string of the molecule is CC(C)C1=C(C#N)C(F)CC=C1. The highest BCUT2D eigenvalue weighted by atomic mass is 19.1. The van der Waals surface area contributed by atoms with Gasteiger partial charge in [-0.25, -0.2) is 4.39 Å². The molecule has 0 spiro atoms. The minimum atomic E-state index is -1.09. The third kappa shape index (κ3) is 1.55. The Labute approximate surface area is 72.2 Å². The fourth-order valence-corrected chi connectivity index (χ4v) is 1.34. The predicted molar refractivity (Wildman–Crippen MR) is 46.1 cm³/mol. The number of nitriles is 1. The summed E-state index contributed by atoms with van der Waals surface area (Å²) in [5.41, 5.74) is 1.16. The molecule has 1 unspecified atom stereocenters. The summed E-state index contributed by atoms with van der Waals surface area (Å²) in [6, 6.07) is 1.94. The standard InChI is InChI=1S/C10H12FN/c1-7(2)8-4-3-5-10(11)9(8)6-12/h3-4,7,10H,5H2,1-2H3. The van der Waals surface area contributed by atoms with Gasteiger partial charge in [0.15, 0.2) is 0 Å². The third-order valence-corrected chi connectivity index (χ3v) is 2.01. The molecule has 1 nitrogen and oxygen atoms in total. The second kappa shape index (κ2) is 3.53. The summed E-state index contributed by atoms with van der Waals surface area (Å²) < 4.78 is 13.1. The Morgan fingerprint density at radius 3 is 2.75 bits per heavy atom. The van der Waals surface area contributed by atoms with Crippen molar-refractivity contribution < 1.29 is 4.39 Å². The van der Waals surface area contributed by atoms with Gasteiger partial charge in [-0.05, 0) is 11.5 Å². The molecule has 1 aliphatic rings. The van der Waals surface area contributed by atoms with Crippen molar-refractivity contribution in [2.45, 2.75) is 26.4 Å². The van der Waals surface area contributed by atoms with Crippen molar-refractivity contribution in [3.63, 3.8) is 0 Å². The molecule has 0 amide bonds. The zero-order chi connectivity index (χ0) is 9.14. The summed E-state index contributed by atoms with van der Waals surface area (Å²) in [4.78, 5) is 0. The normalized spacial score (nSPS) is 23.1. The molecule has 0 saturated carbocycles. The van der Waals surface area contributed by atoms with Crippen molar-refractivity contribution in [2.75, 3.05) is 0 Å². The van der Waals surface area contributed by atoms with E-state index in [0.717, 1.165) is 5.57 Å². The number of hydrogen-bond acceptors (Lipinski definition) is 1. The number of nitrogens with zero attached hydrogens (tertiary/aromatic N) is 1. The molecule has 2 heteroatoms. The van der Waals surface area contributed by atoms with Crippen LogP contribution in [0, 0.1) is 17.2 Å². The highest BCUT2D eigenvalue weighted by molar-refractivity contribution is 5.41. The highest BCUT2D eigenvalue weighted by Gasteiger charge is 2.20. The highest BCUT2D eigenvalue weighted by Crippen LogP contribution is 2.26. The van der Waals surface area contributed by atoms with Crippen LogP contribution in [0.4, 0.5) is 4.39 Å². The van der Waals surface area contributed by atoms with Gasteiger partial charge in [0.25, 0.3) is 0 Å². The largest absolute Gasteiger partial charge is 0.241 e. The van der Waals surface area contributed by atoms with Gasteiger partial charge in [0.05, 0.1) is 11.6 Å². The molecule has 1 rings (SSSR count). The molecule has 1 atom stereocenters. The van der Waals surface area contributed by atoms with E-state index in [4.69, 9.17) is 5.26 Å². The molecule has 0 fully saturated rings. The van der Waals surface area contributed by atoms with Gasteiger partial charge in [0.1, 0.15) is 6.17 Å². The summed E-state index contributed by atoms with van der Waals surface area (Å²) in [7, 11) is 0. The lowest BCUT2D eigenvalue weighted by Crippen LogP contribution is -2.11. The Morgan fingerprint density at radius 1 is 1.67 bits per heavy atom. The second-order valence-electron chi connectivity index (χ2n) is 3.24. The molecule has 0 aliphatic heterocycles. The van der Waals surface area contributed by atoms with Crippen molar-refractivity contribution in [3.8, 4) is 6.07 Å². The molecule has 0 aromatic heterocycles. The van der Waals surface area contributed by atoms with Gasteiger partial charge in [-0.15, -0.1) is 0 Å². The van der Waals surface area contributed by atoms with Gasteiger partial charge in [-0.3, -0.25) is 0 Å². The van der Waals surface area contributed by atoms with Crippen LogP contribution >= 0.6 is 0 Å². The quantitative estimate of drug-likeness (QED) is 0.586. The molecule has 0 bridgehead atoms. The summed E-state index contributed by atoms with van der Waals surface area (Å²) >= 11 is 0. The topological polar surface area (TPSA) is 23.8 Å². The average molecular weight is 165 g/mol. The van der Waals surface area contributed by atoms with Gasteiger partial charge in [0, 0.05) is 6.42 Å². The van der Waals surface area contributed by atoms with Crippen LogP contribution in [0.15, 0.2) is 23.3 Å². The van der Waals surface area contributed by atoms with Crippen LogP contribution in [-0.4, -0.2) is 6.17 Å². The molecule has 0 radical (unpaired) electrons. The van der Waals surface area contributed by atoms with Crippen molar-refractivity contribution in [3.05, 3.63) is 23.3 Å². The Hall–Kier alpha value is -1.10. The van der Waals surface area contributed by atoms with Crippen LogP contribution in [0.3, 0.4) is 0 Å². The Balaban J connectivity index is 3.05. The lowest BCUT2D eigenvalue weighted by atomic mass is 9.90. The fraction of sp³-hybridized carbons (Fsp3) is 0.500. The first-order chi connectivity index (χ1) is 5.66. The van der Waals surface area contributed by atoms with Crippen LogP contribution in [-0.2, 0) is 0 Å². The van der Waals surface area contributed by atoms with Crippen LogP contribution in [0.25, 0.3) is 0 Å². The number of rotatable bonds is 1. The first kappa shape index (κ1) is 8.99. The van der Waals surface area contributed by atoms with E-state index in [2.05, 4.69) is 0 Å². The summed E-state index contributed by atoms with van der Waals surface area (Å²) in [5.74, 6) is 0.231. The molecule has 0 N–H and O–H groups in total. The Kier molecular flexibility index (Phi) is 2.65. The molecule has 0 heterocycles. The fourth-order valence-electron chi connectivity index (χ4n) is 1.34. The van der Waals surface area contributed by atoms with E-state index in [1.807, 2.05) is 26.0 Å². The first-order valence-corrected chi connectivity index (χ1v) is 4.11. The van der Waals surface area contributed by atoms with E-state index in [0.29, 0.717) is 12.0 Å². The van der Waals surface area contributed by atoms with E-state index in [1.165, 1.54) is 0 Å². The smallest absolute Gasteiger partial charge is 0.139 e. The molecule has 64 valence electrons. The maximum Gasteiger partial charge on any atom is 0.139 e. The molecule has 1 aliphatic carbocycles. The van der Waals surface area contributed by atoms with Crippen molar-refractivity contribution >= 4 is 0 Å². The monoisotopic (exact) mass is 165 g/mol. The third-order valence-electron chi connectivity index (χ3n) is 2.01. The van der Waals surface area contributed by atoms with Gasteiger partial charge in [0.2, 0.25) is 0 Å². The zero-order valence-electron chi connectivity index (χ0n) is 7.34. The lowest BCUT2D eigenvalue weighted by Gasteiger charge is -2.16. The van der Waals surface area contributed by atoms with Crippen LogP contribution in [0.1, 0.15) is 20.3 Å². The van der Waals surface area contributed by atoms with Gasteiger partial charge in [-0.1, -0.05) is 26.0 Å². The summed E-state index contributed by atoms with van der Waals surface area (Å²) in [6.45, 7) is 3.93. The van der Waals surface area contributed by atoms with E-state index < -0.39 is 6.17 Å². The van der Waals surface area contributed by atoms with Gasteiger partial charge >= 0.3 is 0 Å². The molecule has 0 aromatic rings. The summed E-state index contributed by atoms with van der Waals surface area (Å²) in [5, 5.41) is 8.70. The molecular formula is C10H12FN. The maximum atomic E-state index is 13.1. The number of alkyl halides is 1. The van der Waals surface area contributed by atoms with Crippen molar-refractivity contribution in [1.29, 1.82) is 5.26 Å². The lowest BCUT2D eigenvalue weighted by molar-refractivity contribution is 0.385. The zero-order valence-corrected chi connectivity index (χ0v) is 7.34. The van der Waals surface area contributed by atoms with E-state index >= 15 is 0 Å². The predicted octanol–water partition coefficient (Wildman–Crippen LogP) is 2.76. The van der Waals surface area contributed by atoms with E-state index in [1.54, 1.807) is 6.08 Å². The second-order valence-corrected chi connectivity index (χ2v) is 3.24. The van der Waals surface area contributed by atoms with Crippen molar-refractivity contribution in [1.82, 2.24) is 0 Å². The minimum Gasteiger partial charge on any atom is -0.241 e. The number of halogens is 1. The van der Waals surface area contributed by atoms with Crippen molar-refractivity contribution in [2.24, 2.45) is 5.92 Å². The average Bonchev–Trinajstić information content (AvgIpc) is 2.03. The van der Waals surface area contributed by atoms with Crippen LogP contribution in [0.5, 0.6) is 0 Å². The molecular weight excluding hydrogens is 153 g/mol. The maximum absolute atomic E-state index is 13.1. The Morgan fingerprint density at radius 2 is 2.33 bits per heavy atom. The first-order valence-electron chi connectivity index (χ1n) is 4.11. The number of allylic oxidation sites excluding steroid dienone is 4. The Bertz CT molecular complexity index is 268.